The van der Waals surface area contributed by atoms with Gasteiger partial charge in [-0.25, -0.2) is 4.79 Å². The largest absolute Gasteiger partial charge is 0.347 e. The number of nitrogens with one attached hydrogen (secondary N) is 2. The lowest BCUT2D eigenvalue weighted by Crippen LogP contribution is -2.53. The molecule has 24 heavy (non-hydrogen) atoms. The molecule has 1 aromatic rings. The van der Waals surface area contributed by atoms with Crippen LogP contribution in [0.2, 0.25) is 0 Å². The van der Waals surface area contributed by atoms with Gasteiger partial charge in [0.05, 0.1) is 19.4 Å². The Balaban J connectivity index is 1.34. The van der Waals surface area contributed by atoms with Gasteiger partial charge < -0.3 is 19.7 Å². The molecule has 2 saturated heterocycles. The minimum Gasteiger partial charge on any atom is -0.347 e. The van der Waals surface area contributed by atoms with Crippen molar-refractivity contribution in [2.24, 2.45) is 5.92 Å². The maximum atomic E-state index is 12.7. The minimum atomic E-state index is -0.532. The Bertz CT molecular complexity index is 596. The van der Waals surface area contributed by atoms with Gasteiger partial charge in [-0.2, -0.15) is 5.10 Å². The van der Waals surface area contributed by atoms with Crippen LogP contribution in [-0.2, 0) is 22.3 Å². The van der Waals surface area contributed by atoms with Crippen molar-refractivity contribution in [2.75, 3.05) is 26.3 Å². The van der Waals surface area contributed by atoms with Crippen LogP contribution in [0.4, 0.5) is 4.79 Å². The first-order valence-corrected chi connectivity index (χ1v) is 8.98. The van der Waals surface area contributed by atoms with E-state index < -0.39 is 5.79 Å². The van der Waals surface area contributed by atoms with Crippen molar-refractivity contribution in [1.82, 2.24) is 20.4 Å². The summed E-state index contributed by atoms with van der Waals surface area (Å²) in [7, 11) is 0. The van der Waals surface area contributed by atoms with Crippen LogP contribution in [0.5, 0.6) is 0 Å². The highest BCUT2D eigenvalue weighted by molar-refractivity contribution is 5.74. The third kappa shape index (κ3) is 3.02. The Morgan fingerprint density at radius 3 is 3.08 bits per heavy atom. The van der Waals surface area contributed by atoms with Crippen LogP contribution >= 0.6 is 0 Å². The van der Waals surface area contributed by atoms with E-state index in [9.17, 15) is 4.79 Å². The number of amides is 2. The number of piperidine rings is 1. The molecule has 0 bridgehead atoms. The lowest BCUT2D eigenvalue weighted by Gasteiger charge is -2.40. The number of H-pyrrole nitrogens is 1. The second-order valence-electron chi connectivity index (χ2n) is 7.26. The Hall–Kier alpha value is -1.60. The zero-order valence-electron chi connectivity index (χ0n) is 14.2. The third-order valence-electron chi connectivity index (χ3n) is 5.66. The van der Waals surface area contributed by atoms with Gasteiger partial charge in [0.2, 0.25) is 0 Å². The Labute approximate surface area is 142 Å². The van der Waals surface area contributed by atoms with Gasteiger partial charge in [0, 0.05) is 30.7 Å². The molecule has 3 heterocycles. The highest BCUT2D eigenvalue weighted by atomic mass is 16.7. The first-order valence-electron chi connectivity index (χ1n) is 8.98. The average Bonchev–Trinajstić information content (AvgIpc) is 3.24. The number of nitrogens with zero attached hydrogens (tertiary/aromatic N) is 2. The summed E-state index contributed by atoms with van der Waals surface area (Å²) in [6, 6.07) is 0.232. The van der Waals surface area contributed by atoms with Crippen molar-refractivity contribution in [3.8, 4) is 0 Å². The van der Waals surface area contributed by atoms with Gasteiger partial charge in [-0.05, 0) is 44.6 Å². The zero-order chi connectivity index (χ0) is 16.6. The second-order valence-corrected chi connectivity index (χ2v) is 7.26. The van der Waals surface area contributed by atoms with Crippen LogP contribution in [0.3, 0.4) is 0 Å². The highest BCUT2D eigenvalue weighted by Gasteiger charge is 2.42. The summed E-state index contributed by atoms with van der Waals surface area (Å²) >= 11 is 0. The normalized spacial score (nSPS) is 29.3. The molecule has 2 aliphatic heterocycles. The summed E-state index contributed by atoms with van der Waals surface area (Å²) < 4.78 is 11.6. The topological polar surface area (TPSA) is 79.5 Å². The molecule has 2 N–H and O–H groups in total. The number of aromatic nitrogens is 2. The number of fused-ring (bicyclic) bond motifs is 1. The summed E-state index contributed by atoms with van der Waals surface area (Å²) in [5, 5.41) is 10.3. The molecular formula is C17H26N4O3. The molecule has 0 spiro atoms. The summed E-state index contributed by atoms with van der Waals surface area (Å²) in [6.45, 7) is 4.81. The lowest BCUT2D eigenvalue weighted by atomic mass is 9.90. The van der Waals surface area contributed by atoms with Gasteiger partial charge in [0.1, 0.15) is 0 Å². The zero-order valence-corrected chi connectivity index (χ0v) is 14.2. The van der Waals surface area contributed by atoms with Crippen molar-refractivity contribution < 1.29 is 14.3 Å². The number of likely N-dealkylation sites (tertiary alicyclic amines) is 1. The van der Waals surface area contributed by atoms with E-state index in [-0.39, 0.29) is 18.0 Å². The number of rotatable bonds is 2. The Morgan fingerprint density at radius 2 is 2.25 bits per heavy atom. The monoisotopic (exact) mass is 334 g/mol. The van der Waals surface area contributed by atoms with Crippen molar-refractivity contribution in [2.45, 2.75) is 50.9 Å². The van der Waals surface area contributed by atoms with Gasteiger partial charge in [0.15, 0.2) is 5.79 Å². The van der Waals surface area contributed by atoms with Crippen molar-refractivity contribution >= 4 is 6.03 Å². The molecule has 2 fully saturated rings. The van der Waals surface area contributed by atoms with E-state index >= 15 is 0 Å². The summed E-state index contributed by atoms with van der Waals surface area (Å²) in [5.74, 6) is -0.290. The van der Waals surface area contributed by atoms with Crippen LogP contribution in [0, 0.1) is 5.92 Å². The average molecular weight is 334 g/mol. The number of aromatic amines is 1. The number of urea groups is 1. The molecule has 0 radical (unpaired) electrons. The van der Waals surface area contributed by atoms with E-state index in [0.717, 1.165) is 38.6 Å². The van der Waals surface area contributed by atoms with E-state index in [1.54, 1.807) is 0 Å². The van der Waals surface area contributed by atoms with E-state index in [2.05, 4.69) is 15.5 Å². The van der Waals surface area contributed by atoms with Gasteiger partial charge >= 0.3 is 6.03 Å². The molecule has 1 aromatic heterocycles. The van der Waals surface area contributed by atoms with E-state index in [1.165, 1.54) is 11.3 Å². The molecule has 7 nitrogen and oxygen atoms in total. The molecular weight excluding hydrogens is 308 g/mol. The third-order valence-corrected chi connectivity index (χ3v) is 5.66. The highest BCUT2D eigenvalue weighted by Crippen LogP contribution is 2.34. The van der Waals surface area contributed by atoms with Crippen molar-refractivity contribution in [3.63, 3.8) is 0 Å². The van der Waals surface area contributed by atoms with E-state index in [1.807, 2.05) is 18.0 Å². The molecule has 2 amide bonds. The van der Waals surface area contributed by atoms with Crippen LogP contribution in [0.25, 0.3) is 0 Å². The number of carbonyl (C=O) groups is 1. The Kier molecular flexibility index (Phi) is 4.22. The molecule has 132 valence electrons. The molecule has 2 atom stereocenters. The number of hydrogen-bond donors (Lipinski definition) is 2. The van der Waals surface area contributed by atoms with Crippen molar-refractivity contribution in [3.05, 3.63) is 17.5 Å². The molecule has 4 rings (SSSR count). The predicted molar refractivity (Wildman–Crippen MR) is 87.5 cm³/mol. The molecule has 0 saturated carbocycles. The van der Waals surface area contributed by atoms with Crippen molar-refractivity contribution in [1.29, 1.82) is 0 Å². The lowest BCUT2D eigenvalue weighted by molar-refractivity contribution is -0.189. The SMILES string of the molecule is CC1(C2CCCN(C(=O)NC3CCc4[nH]ncc4C3)C2)OCCO1. The Morgan fingerprint density at radius 1 is 1.42 bits per heavy atom. The fraction of sp³-hybridized carbons (Fsp3) is 0.765. The maximum Gasteiger partial charge on any atom is 0.317 e. The predicted octanol–water partition coefficient (Wildman–Crippen LogP) is 1.45. The minimum absolute atomic E-state index is 0.0400. The summed E-state index contributed by atoms with van der Waals surface area (Å²) in [6.07, 6.45) is 6.68. The molecule has 1 aliphatic carbocycles. The van der Waals surface area contributed by atoms with E-state index in [4.69, 9.17) is 9.47 Å². The summed E-state index contributed by atoms with van der Waals surface area (Å²) in [5.41, 5.74) is 2.44. The van der Waals surface area contributed by atoms with Crippen LogP contribution in [0.15, 0.2) is 6.20 Å². The first kappa shape index (κ1) is 15.9. The second kappa shape index (κ2) is 6.37. The smallest absolute Gasteiger partial charge is 0.317 e. The van der Waals surface area contributed by atoms with Gasteiger partial charge in [0.25, 0.3) is 0 Å². The number of carbonyl (C=O) groups excluding carboxylic acids is 1. The van der Waals surface area contributed by atoms with E-state index in [0.29, 0.717) is 19.8 Å². The maximum absolute atomic E-state index is 12.7. The standard InChI is InChI=1S/C17H26N4O3/c1-17(23-7-8-24-17)13-3-2-6-21(11-13)16(22)19-14-4-5-15-12(9-14)10-18-20-15/h10,13-14H,2-9,11H2,1H3,(H,18,20)(H,19,22). The number of ether oxygens (including phenoxy) is 2. The molecule has 3 aliphatic rings. The van der Waals surface area contributed by atoms with Gasteiger partial charge in [-0.1, -0.05) is 0 Å². The van der Waals surface area contributed by atoms with Gasteiger partial charge in [-0.15, -0.1) is 0 Å². The van der Waals surface area contributed by atoms with Crippen LogP contribution in [-0.4, -0.2) is 59.3 Å². The fourth-order valence-corrected chi connectivity index (χ4v) is 4.16. The van der Waals surface area contributed by atoms with Gasteiger partial charge in [-0.3, -0.25) is 5.10 Å². The summed E-state index contributed by atoms with van der Waals surface area (Å²) in [4.78, 5) is 14.6. The molecule has 7 heteroatoms. The molecule has 0 aromatic carbocycles. The van der Waals surface area contributed by atoms with Crippen LogP contribution in [0.1, 0.15) is 37.4 Å². The quantitative estimate of drug-likeness (QED) is 0.858. The number of aryl methyl sites for hydroxylation is 1. The fourth-order valence-electron chi connectivity index (χ4n) is 4.16. The first-order chi connectivity index (χ1) is 11.6. The van der Waals surface area contributed by atoms with Crippen LogP contribution < -0.4 is 5.32 Å². The number of hydrogen-bond acceptors (Lipinski definition) is 4. The molecule has 2 unspecified atom stereocenters.